The first-order valence-corrected chi connectivity index (χ1v) is 16.0. The Balaban J connectivity index is 1.48. The van der Waals surface area contributed by atoms with E-state index in [4.69, 9.17) is 16.3 Å². The molecule has 43 heavy (non-hydrogen) atoms. The molecule has 0 bridgehead atoms. The minimum Gasteiger partial charge on any atom is -0.454 e. The van der Waals surface area contributed by atoms with Crippen molar-refractivity contribution in [2.24, 2.45) is 0 Å². The number of rotatable bonds is 15. The van der Waals surface area contributed by atoms with Crippen molar-refractivity contribution in [3.63, 3.8) is 0 Å². The van der Waals surface area contributed by atoms with Crippen LogP contribution < -0.4 is 10.1 Å². The Hall–Kier alpha value is -3.29. The van der Waals surface area contributed by atoms with Crippen molar-refractivity contribution in [2.75, 3.05) is 43.1 Å². The average molecular weight is 640 g/mol. The highest BCUT2D eigenvalue weighted by Gasteiger charge is 2.45. The van der Waals surface area contributed by atoms with Gasteiger partial charge in [-0.1, -0.05) is 61.8 Å². The van der Waals surface area contributed by atoms with Crippen LogP contribution in [0, 0.1) is 0 Å². The van der Waals surface area contributed by atoms with Gasteiger partial charge in [-0.25, -0.2) is 8.42 Å². The molecule has 1 aromatic heterocycles. The number of benzene rings is 2. The van der Waals surface area contributed by atoms with Gasteiger partial charge in [0.25, 0.3) is 0 Å². The number of Topliss-reactive ketones (excluding diaryl/α,β-unsaturated/α-hetero) is 1. The highest BCUT2D eigenvalue weighted by atomic mass is 35.5. The molecule has 1 N–H and O–H groups in total. The third-order valence-electron chi connectivity index (χ3n) is 7.13. The lowest BCUT2D eigenvalue weighted by atomic mass is 10.1. The molecule has 3 aromatic rings. The van der Waals surface area contributed by atoms with E-state index in [1.165, 1.54) is 12.1 Å². The SMILES string of the molecule is CCN(CC)CCS(=O)(=O)CC(=O)c1ccc(Cc2nc(NC3(c4ccc(Cl)cc4)CC3)nc(OCC(F)(F)F)n2)cc1. The molecule has 0 unspecified atom stereocenters. The Morgan fingerprint density at radius 3 is 2.26 bits per heavy atom. The summed E-state index contributed by atoms with van der Waals surface area (Å²) in [4.78, 5) is 27.2. The van der Waals surface area contributed by atoms with Crippen LogP contribution >= 0.6 is 11.6 Å². The molecule has 4 rings (SSSR count). The van der Waals surface area contributed by atoms with E-state index in [0.717, 1.165) is 31.5 Å². The molecule has 0 aliphatic heterocycles. The largest absolute Gasteiger partial charge is 0.454 e. The third kappa shape index (κ3) is 9.60. The van der Waals surface area contributed by atoms with E-state index in [2.05, 4.69) is 20.3 Å². The first-order chi connectivity index (χ1) is 20.3. The number of alkyl halides is 3. The summed E-state index contributed by atoms with van der Waals surface area (Å²) in [5, 5.41) is 3.81. The van der Waals surface area contributed by atoms with Gasteiger partial charge in [-0.3, -0.25) is 4.79 Å². The van der Waals surface area contributed by atoms with Gasteiger partial charge >= 0.3 is 12.2 Å². The summed E-state index contributed by atoms with van der Waals surface area (Å²) < 4.78 is 68.4. The summed E-state index contributed by atoms with van der Waals surface area (Å²) in [5.41, 5.74) is 1.34. The zero-order chi connectivity index (χ0) is 31.3. The monoisotopic (exact) mass is 639 g/mol. The van der Waals surface area contributed by atoms with Crippen molar-refractivity contribution in [3.05, 3.63) is 76.1 Å². The predicted octanol–water partition coefficient (Wildman–Crippen LogP) is 5.10. The van der Waals surface area contributed by atoms with Gasteiger partial charge in [-0.05, 0) is 49.2 Å². The number of anilines is 1. The lowest BCUT2D eigenvalue weighted by molar-refractivity contribution is -0.154. The van der Waals surface area contributed by atoms with Crippen LogP contribution in [0.3, 0.4) is 0 Å². The molecule has 2 aromatic carbocycles. The van der Waals surface area contributed by atoms with Crippen molar-refractivity contribution in [1.29, 1.82) is 0 Å². The highest BCUT2D eigenvalue weighted by Crippen LogP contribution is 2.48. The number of carbonyl (C=O) groups excluding carboxylic acids is 1. The Morgan fingerprint density at radius 1 is 1.02 bits per heavy atom. The number of carbonyl (C=O) groups is 1. The number of ketones is 1. The topological polar surface area (TPSA) is 114 Å². The summed E-state index contributed by atoms with van der Waals surface area (Å²) in [6.07, 6.45) is -2.96. The fraction of sp³-hybridized carbons (Fsp3) is 0.448. The quantitative estimate of drug-likeness (QED) is 0.227. The van der Waals surface area contributed by atoms with E-state index >= 15 is 0 Å². The van der Waals surface area contributed by atoms with E-state index < -0.39 is 45.7 Å². The molecule has 1 saturated carbocycles. The van der Waals surface area contributed by atoms with Crippen LogP contribution in [0.5, 0.6) is 6.01 Å². The number of ether oxygens (including phenoxy) is 1. The molecular formula is C29H33ClF3N5O4S. The molecule has 0 saturated heterocycles. The van der Waals surface area contributed by atoms with Crippen molar-refractivity contribution >= 4 is 33.2 Å². The molecular weight excluding hydrogens is 607 g/mol. The van der Waals surface area contributed by atoms with Gasteiger partial charge in [-0.15, -0.1) is 0 Å². The van der Waals surface area contributed by atoms with E-state index in [1.54, 1.807) is 24.3 Å². The maximum atomic E-state index is 12.9. The Kier molecular flexibility index (Phi) is 10.3. The number of hydrogen-bond donors (Lipinski definition) is 1. The summed E-state index contributed by atoms with van der Waals surface area (Å²) >= 11 is 6.01. The number of halogens is 4. The fourth-order valence-corrected chi connectivity index (χ4v) is 5.87. The molecule has 232 valence electrons. The maximum absolute atomic E-state index is 12.9. The second-order valence-corrected chi connectivity index (χ2v) is 13.0. The molecule has 1 heterocycles. The van der Waals surface area contributed by atoms with Crippen molar-refractivity contribution in [1.82, 2.24) is 19.9 Å². The summed E-state index contributed by atoms with van der Waals surface area (Å²) in [5.74, 6) is -0.994. The van der Waals surface area contributed by atoms with E-state index in [-0.39, 0.29) is 29.5 Å². The smallest absolute Gasteiger partial charge is 0.422 e. The van der Waals surface area contributed by atoms with Gasteiger partial charge in [0.1, 0.15) is 11.6 Å². The minimum atomic E-state index is -4.58. The van der Waals surface area contributed by atoms with Crippen LogP contribution in [-0.2, 0) is 21.8 Å². The van der Waals surface area contributed by atoms with Gasteiger partial charge in [0, 0.05) is 23.6 Å². The Morgan fingerprint density at radius 2 is 1.67 bits per heavy atom. The zero-order valence-corrected chi connectivity index (χ0v) is 25.4. The zero-order valence-electron chi connectivity index (χ0n) is 23.8. The van der Waals surface area contributed by atoms with Gasteiger partial charge in [0.2, 0.25) is 5.95 Å². The third-order valence-corrected chi connectivity index (χ3v) is 8.88. The van der Waals surface area contributed by atoms with Gasteiger partial charge in [-0.2, -0.15) is 28.1 Å². The summed E-state index contributed by atoms with van der Waals surface area (Å²) in [6, 6.07) is 13.0. The number of hydrogen-bond acceptors (Lipinski definition) is 9. The lowest BCUT2D eigenvalue weighted by Gasteiger charge is -2.19. The molecule has 0 atom stereocenters. The first kappa shape index (κ1) is 32.6. The normalized spacial score (nSPS) is 14.5. The van der Waals surface area contributed by atoms with Crippen molar-refractivity contribution < 1.29 is 31.1 Å². The first-order valence-electron chi connectivity index (χ1n) is 13.8. The van der Waals surface area contributed by atoms with Crippen LogP contribution in [-0.4, -0.2) is 78.0 Å². The second-order valence-electron chi connectivity index (χ2n) is 10.4. The molecule has 1 aliphatic rings. The molecule has 0 spiro atoms. The fourth-order valence-electron chi connectivity index (χ4n) is 4.49. The number of nitrogens with zero attached hydrogens (tertiary/aromatic N) is 4. The Bertz CT molecular complexity index is 1510. The van der Waals surface area contributed by atoms with E-state index in [1.807, 2.05) is 30.9 Å². The molecule has 1 fully saturated rings. The Labute approximate surface area is 253 Å². The van der Waals surface area contributed by atoms with Gasteiger partial charge in [0.15, 0.2) is 22.2 Å². The molecule has 9 nitrogen and oxygen atoms in total. The summed E-state index contributed by atoms with van der Waals surface area (Å²) in [6.45, 7) is 4.13. The predicted molar refractivity (Wildman–Crippen MR) is 157 cm³/mol. The number of sulfone groups is 1. The lowest BCUT2D eigenvalue weighted by Crippen LogP contribution is -2.31. The number of nitrogens with one attached hydrogen (secondary N) is 1. The van der Waals surface area contributed by atoms with E-state index in [0.29, 0.717) is 17.1 Å². The molecule has 1 aliphatic carbocycles. The highest BCUT2D eigenvalue weighted by molar-refractivity contribution is 7.92. The maximum Gasteiger partial charge on any atom is 0.422 e. The van der Waals surface area contributed by atoms with Crippen LogP contribution in [0.2, 0.25) is 5.02 Å². The average Bonchev–Trinajstić information content (AvgIpc) is 3.73. The summed E-state index contributed by atoms with van der Waals surface area (Å²) in [7, 11) is -3.59. The van der Waals surface area contributed by atoms with Gasteiger partial charge < -0.3 is 15.0 Å². The minimum absolute atomic E-state index is 0.0661. The van der Waals surface area contributed by atoms with Gasteiger partial charge in [0.05, 0.1) is 11.3 Å². The second kappa shape index (κ2) is 13.6. The van der Waals surface area contributed by atoms with Crippen LogP contribution in [0.25, 0.3) is 0 Å². The van der Waals surface area contributed by atoms with Crippen LogP contribution in [0.4, 0.5) is 19.1 Å². The van der Waals surface area contributed by atoms with Crippen LogP contribution in [0.15, 0.2) is 48.5 Å². The van der Waals surface area contributed by atoms with Crippen molar-refractivity contribution in [2.45, 2.75) is 44.8 Å². The number of aromatic nitrogens is 3. The molecule has 0 amide bonds. The van der Waals surface area contributed by atoms with Crippen LogP contribution in [0.1, 0.15) is 54.0 Å². The molecule has 0 radical (unpaired) electrons. The van der Waals surface area contributed by atoms with Crippen molar-refractivity contribution in [3.8, 4) is 6.01 Å². The standard InChI is InChI=1S/C29H33ClF3N5O4S/c1-3-38(4-2)15-16-43(40,41)18-24(39)21-7-5-20(6-8-21)17-25-34-26(36-27(35-25)42-19-29(31,32)33)37-28(13-14-28)22-9-11-23(30)12-10-22/h5-12H,3-4,13-19H2,1-2H3,(H,34,35,36,37). The van der Waals surface area contributed by atoms with E-state index in [9.17, 15) is 26.4 Å². The molecule has 14 heteroatoms.